The van der Waals surface area contributed by atoms with Crippen molar-refractivity contribution >= 4 is 23.2 Å². The van der Waals surface area contributed by atoms with Crippen LogP contribution in [0.4, 0.5) is 0 Å². The van der Waals surface area contributed by atoms with Crippen molar-refractivity contribution in [3.8, 4) is 5.75 Å². The SMILES string of the molecule is O=C(NC(=S)NCCc1cc(CO)c(O)c(CO)c1)c1ccccc1. The highest BCUT2D eigenvalue weighted by Gasteiger charge is 2.10. The minimum atomic E-state index is -0.314. The van der Waals surface area contributed by atoms with E-state index in [9.17, 15) is 20.1 Å². The van der Waals surface area contributed by atoms with E-state index in [1.54, 1.807) is 36.4 Å². The van der Waals surface area contributed by atoms with Crippen LogP contribution in [0.2, 0.25) is 0 Å². The third-order valence-corrected chi connectivity index (χ3v) is 3.88. The smallest absolute Gasteiger partial charge is 0.257 e. The summed E-state index contributed by atoms with van der Waals surface area (Å²) in [5.41, 5.74) is 2.07. The Morgan fingerprint density at radius 3 is 2.20 bits per heavy atom. The first-order valence-electron chi connectivity index (χ1n) is 7.74. The molecule has 25 heavy (non-hydrogen) atoms. The second kappa shape index (κ2) is 9.12. The lowest BCUT2D eigenvalue weighted by Crippen LogP contribution is -2.40. The van der Waals surface area contributed by atoms with E-state index in [2.05, 4.69) is 10.6 Å². The molecule has 2 aromatic rings. The molecule has 0 aliphatic rings. The molecule has 0 saturated heterocycles. The summed E-state index contributed by atoms with van der Waals surface area (Å²) in [7, 11) is 0. The quantitative estimate of drug-likeness (QED) is 0.497. The highest BCUT2D eigenvalue weighted by atomic mass is 32.1. The summed E-state index contributed by atoms with van der Waals surface area (Å²) in [6.45, 7) is -0.175. The predicted octanol–water partition coefficient (Wildman–Crippen LogP) is 1.22. The van der Waals surface area contributed by atoms with Gasteiger partial charge in [0, 0.05) is 23.2 Å². The zero-order chi connectivity index (χ0) is 18.2. The molecule has 0 aliphatic carbocycles. The Labute approximate surface area is 151 Å². The number of rotatable bonds is 6. The Morgan fingerprint density at radius 2 is 1.64 bits per heavy atom. The molecular formula is C18H20N2O4S. The van der Waals surface area contributed by atoms with Crippen molar-refractivity contribution in [1.82, 2.24) is 10.6 Å². The van der Waals surface area contributed by atoms with Crippen LogP contribution in [0.1, 0.15) is 27.0 Å². The Balaban J connectivity index is 1.88. The van der Waals surface area contributed by atoms with E-state index in [1.807, 2.05) is 6.07 Å². The number of nitrogens with one attached hydrogen (secondary N) is 2. The Kier molecular flexibility index (Phi) is 6.88. The van der Waals surface area contributed by atoms with Gasteiger partial charge < -0.3 is 20.6 Å². The highest BCUT2D eigenvalue weighted by molar-refractivity contribution is 7.80. The summed E-state index contributed by atoms with van der Waals surface area (Å²) in [6.07, 6.45) is 0.543. The van der Waals surface area contributed by atoms with Crippen LogP contribution in [-0.2, 0) is 19.6 Å². The first-order chi connectivity index (χ1) is 12.0. The fraction of sp³-hybridized carbons (Fsp3) is 0.222. The molecule has 1 amide bonds. The van der Waals surface area contributed by atoms with E-state index < -0.39 is 0 Å². The molecule has 6 nitrogen and oxygen atoms in total. The second-order valence-electron chi connectivity index (χ2n) is 5.40. The maximum absolute atomic E-state index is 12.0. The number of hydrogen-bond acceptors (Lipinski definition) is 5. The lowest BCUT2D eigenvalue weighted by Gasteiger charge is -2.12. The summed E-state index contributed by atoms with van der Waals surface area (Å²) in [4.78, 5) is 12.0. The Morgan fingerprint density at radius 1 is 1.04 bits per heavy atom. The molecule has 2 rings (SSSR count). The summed E-state index contributed by atoms with van der Waals surface area (Å²) >= 11 is 5.10. The predicted molar refractivity (Wildman–Crippen MR) is 98.2 cm³/mol. The van der Waals surface area contributed by atoms with Crippen LogP contribution in [0.5, 0.6) is 5.75 Å². The third-order valence-electron chi connectivity index (χ3n) is 3.63. The Hall–Kier alpha value is -2.48. The van der Waals surface area contributed by atoms with Crippen molar-refractivity contribution in [2.24, 2.45) is 0 Å². The number of carbonyl (C=O) groups is 1. The molecule has 0 bridgehead atoms. The van der Waals surface area contributed by atoms with Crippen LogP contribution in [0.3, 0.4) is 0 Å². The average molecular weight is 360 g/mol. The Bertz CT molecular complexity index is 725. The normalized spacial score (nSPS) is 10.3. The number of carbonyl (C=O) groups excluding carboxylic acids is 1. The maximum atomic E-state index is 12.0. The zero-order valence-electron chi connectivity index (χ0n) is 13.5. The summed E-state index contributed by atoms with van der Waals surface area (Å²) in [5, 5.41) is 34.1. The van der Waals surface area contributed by atoms with Gasteiger partial charge in [-0.25, -0.2) is 0 Å². The van der Waals surface area contributed by atoms with Gasteiger partial charge in [0.25, 0.3) is 5.91 Å². The number of phenols is 1. The fourth-order valence-corrected chi connectivity index (χ4v) is 2.54. The topological polar surface area (TPSA) is 102 Å². The van der Waals surface area contributed by atoms with E-state index in [-0.39, 0.29) is 30.0 Å². The van der Waals surface area contributed by atoms with E-state index in [0.29, 0.717) is 29.7 Å². The van der Waals surface area contributed by atoms with Gasteiger partial charge in [-0.15, -0.1) is 0 Å². The minimum Gasteiger partial charge on any atom is -0.507 e. The standard InChI is InChI=1S/C18H20N2O4S/c21-10-14-8-12(9-15(11-22)16(14)23)6-7-19-18(25)20-17(24)13-4-2-1-3-5-13/h1-5,8-9,21-23H,6-7,10-11H2,(H2,19,20,24,25). The van der Waals surface area contributed by atoms with Crippen LogP contribution >= 0.6 is 12.2 Å². The third kappa shape index (κ3) is 5.25. The monoisotopic (exact) mass is 360 g/mol. The van der Waals surface area contributed by atoms with Gasteiger partial charge in [0.2, 0.25) is 0 Å². The van der Waals surface area contributed by atoms with Gasteiger partial charge in [-0.1, -0.05) is 18.2 Å². The van der Waals surface area contributed by atoms with Crippen LogP contribution in [-0.4, -0.2) is 32.9 Å². The van der Waals surface area contributed by atoms with Gasteiger partial charge >= 0.3 is 0 Å². The molecule has 0 aliphatic heterocycles. The number of aliphatic hydroxyl groups excluding tert-OH is 2. The maximum Gasteiger partial charge on any atom is 0.257 e. The lowest BCUT2D eigenvalue weighted by molar-refractivity contribution is 0.0976. The van der Waals surface area contributed by atoms with Gasteiger partial charge in [-0.3, -0.25) is 10.1 Å². The number of aliphatic hydroxyl groups is 2. The molecule has 0 heterocycles. The van der Waals surface area contributed by atoms with Crippen molar-refractivity contribution < 1.29 is 20.1 Å². The van der Waals surface area contributed by atoms with Gasteiger partial charge in [-0.05, 0) is 48.5 Å². The van der Waals surface area contributed by atoms with Crippen molar-refractivity contribution in [2.75, 3.05) is 6.54 Å². The molecule has 2 aromatic carbocycles. The number of hydrogen-bond donors (Lipinski definition) is 5. The molecule has 5 N–H and O–H groups in total. The van der Waals surface area contributed by atoms with Crippen molar-refractivity contribution in [3.63, 3.8) is 0 Å². The summed E-state index contributed by atoms with van der Waals surface area (Å²) in [5.74, 6) is -0.375. The van der Waals surface area contributed by atoms with Crippen LogP contribution in [0.25, 0.3) is 0 Å². The highest BCUT2D eigenvalue weighted by Crippen LogP contribution is 2.25. The number of thiocarbonyl (C=S) groups is 1. The molecule has 0 unspecified atom stereocenters. The van der Waals surface area contributed by atoms with Crippen LogP contribution in [0.15, 0.2) is 42.5 Å². The van der Waals surface area contributed by atoms with Crippen LogP contribution < -0.4 is 10.6 Å². The molecule has 0 saturated carbocycles. The van der Waals surface area contributed by atoms with E-state index in [0.717, 1.165) is 5.56 Å². The molecular weight excluding hydrogens is 340 g/mol. The van der Waals surface area contributed by atoms with Crippen LogP contribution in [0, 0.1) is 0 Å². The molecule has 0 fully saturated rings. The largest absolute Gasteiger partial charge is 0.507 e. The average Bonchev–Trinajstić information content (AvgIpc) is 2.63. The minimum absolute atomic E-state index is 0.0904. The second-order valence-corrected chi connectivity index (χ2v) is 5.81. The van der Waals surface area contributed by atoms with Gasteiger partial charge in [0.1, 0.15) is 5.75 Å². The van der Waals surface area contributed by atoms with Gasteiger partial charge in [0.05, 0.1) is 13.2 Å². The molecule has 7 heteroatoms. The number of aromatic hydroxyl groups is 1. The summed E-state index contributed by atoms with van der Waals surface area (Å²) in [6, 6.07) is 12.1. The van der Waals surface area contributed by atoms with E-state index in [1.165, 1.54) is 0 Å². The van der Waals surface area contributed by atoms with Crippen molar-refractivity contribution in [1.29, 1.82) is 0 Å². The number of amides is 1. The summed E-state index contributed by atoms with van der Waals surface area (Å²) < 4.78 is 0. The van der Waals surface area contributed by atoms with Gasteiger partial charge in [-0.2, -0.15) is 0 Å². The molecule has 0 radical (unpaired) electrons. The van der Waals surface area contributed by atoms with Gasteiger partial charge in [0.15, 0.2) is 5.11 Å². The molecule has 0 atom stereocenters. The molecule has 132 valence electrons. The van der Waals surface area contributed by atoms with Crippen molar-refractivity contribution in [2.45, 2.75) is 19.6 Å². The van der Waals surface area contributed by atoms with Crippen molar-refractivity contribution in [3.05, 3.63) is 64.7 Å². The van der Waals surface area contributed by atoms with E-state index >= 15 is 0 Å². The zero-order valence-corrected chi connectivity index (χ0v) is 14.3. The first kappa shape index (κ1) is 18.9. The fourth-order valence-electron chi connectivity index (χ4n) is 2.35. The lowest BCUT2D eigenvalue weighted by atomic mass is 10.0. The molecule has 0 spiro atoms. The number of benzene rings is 2. The molecule has 0 aromatic heterocycles. The van der Waals surface area contributed by atoms with E-state index in [4.69, 9.17) is 12.2 Å². The first-order valence-corrected chi connectivity index (χ1v) is 8.15.